The van der Waals surface area contributed by atoms with Crippen molar-refractivity contribution in [3.8, 4) is 44.5 Å². The van der Waals surface area contributed by atoms with E-state index in [0.717, 1.165) is 50.1 Å². The van der Waals surface area contributed by atoms with Crippen LogP contribution in [-0.4, -0.2) is 0 Å². The van der Waals surface area contributed by atoms with Gasteiger partial charge in [0.1, 0.15) is 11.2 Å². The molecule has 266 valence electrons. The normalized spacial score (nSPS) is 13.1. The zero-order chi connectivity index (χ0) is 37.5. The van der Waals surface area contributed by atoms with E-state index in [4.69, 9.17) is 4.42 Å². The summed E-state index contributed by atoms with van der Waals surface area (Å²) in [5, 5.41) is 2.24. The Hall–Kier alpha value is -7.42. The average Bonchev–Trinajstić information content (AvgIpc) is 3.91. The summed E-state index contributed by atoms with van der Waals surface area (Å²) in [5.74, 6) is 0. The van der Waals surface area contributed by atoms with Crippen molar-refractivity contribution in [2.75, 3.05) is 4.90 Å². The molecule has 0 saturated heterocycles. The maximum absolute atomic E-state index is 6.26. The molecule has 0 radical (unpaired) electrons. The lowest BCUT2D eigenvalue weighted by atomic mass is 9.70. The summed E-state index contributed by atoms with van der Waals surface area (Å²) in [4.78, 5) is 2.45. The van der Waals surface area contributed by atoms with Crippen molar-refractivity contribution in [2.24, 2.45) is 0 Å². The second-order valence-electron chi connectivity index (χ2n) is 15.2. The second-order valence-corrected chi connectivity index (χ2v) is 15.2. The molecule has 10 aromatic rings. The van der Waals surface area contributed by atoms with Crippen LogP contribution in [0.3, 0.4) is 0 Å². The molecular formula is C55H35NO. The van der Waals surface area contributed by atoms with Crippen LogP contribution < -0.4 is 4.90 Å². The third-order valence-corrected chi connectivity index (χ3v) is 12.3. The molecule has 1 aromatic heterocycles. The minimum absolute atomic E-state index is 0.440. The number of hydrogen-bond acceptors (Lipinski definition) is 2. The van der Waals surface area contributed by atoms with Crippen LogP contribution in [0.25, 0.3) is 66.4 Å². The summed E-state index contributed by atoms with van der Waals surface area (Å²) in [6.07, 6.45) is 0. The van der Waals surface area contributed by atoms with Gasteiger partial charge in [-0.2, -0.15) is 0 Å². The summed E-state index contributed by atoms with van der Waals surface area (Å²) < 4.78 is 6.26. The van der Waals surface area contributed by atoms with Crippen molar-refractivity contribution in [3.63, 3.8) is 0 Å². The van der Waals surface area contributed by atoms with Crippen LogP contribution in [0.4, 0.5) is 17.1 Å². The van der Waals surface area contributed by atoms with Crippen molar-refractivity contribution in [1.29, 1.82) is 0 Å². The third-order valence-electron chi connectivity index (χ3n) is 12.3. The van der Waals surface area contributed by atoms with Gasteiger partial charge in [0.25, 0.3) is 0 Å². The molecule has 2 heteroatoms. The number of anilines is 3. The number of furan rings is 1. The van der Waals surface area contributed by atoms with Crippen LogP contribution in [0.5, 0.6) is 0 Å². The van der Waals surface area contributed by atoms with Crippen LogP contribution in [-0.2, 0) is 5.41 Å². The second kappa shape index (κ2) is 12.3. The maximum atomic E-state index is 6.26. The Balaban J connectivity index is 1.10. The molecule has 0 atom stereocenters. The smallest absolute Gasteiger partial charge is 0.135 e. The van der Waals surface area contributed by atoms with Crippen molar-refractivity contribution >= 4 is 39.0 Å². The Morgan fingerprint density at radius 3 is 1.53 bits per heavy atom. The molecule has 2 nitrogen and oxygen atoms in total. The van der Waals surface area contributed by atoms with Crippen LogP contribution in [0.2, 0.25) is 0 Å². The Bertz CT molecular complexity index is 3130. The Kier molecular flexibility index (Phi) is 6.88. The van der Waals surface area contributed by atoms with Gasteiger partial charge in [0.15, 0.2) is 0 Å². The zero-order valence-corrected chi connectivity index (χ0v) is 31.1. The zero-order valence-electron chi connectivity index (χ0n) is 31.1. The van der Waals surface area contributed by atoms with Crippen LogP contribution in [0.15, 0.2) is 217 Å². The molecule has 1 heterocycles. The summed E-state index contributed by atoms with van der Waals surface area (Å²) in [6, 6.07) is 77.6. The molecule has 12 rings (SSSR count). The number of fused-ring (bicyclic) bond motifs is 13. The van der Waals surface area contributed by atoms with Gasteiger partial charge in [-0.3, -0.25) is 0 Å². The van der Waals surface area contributed by atoms with E-state index in [1.165, 1.54) is 55.6 Å². The molecule has 0 amide bonds. The first kappa shape index (κ1) is 31.9. The lowest BCUT2D eigenvalue weighted by molar-refractivity contribution is 0.669. The van der Waals surface area contributed by atoms with Gasteiger partial charge in [-0.1, -0.05) is 164 Å². The molecule has 0 bridgehead atoms. The van der Waals surface area contributed by atoms with Gasteiger partial charge < -0.3 is 9.32 Å². The van der Waals surface area contributed by atoms with Gasteiger partial charge in [0, 0.05) is 27.7 Å². The quantitative estimate of drug-likeness (QED) is 0.176. The van der Waals surface area contributed by atoms with E-state index >= 15 is 0 Å². The Morgan fingerprint density at radius 1 is 0.316 bits per heavy atom. The topological polar surface area (TPSA) is 16.4 Å². The lowest BCUT2D eigenvalue weighted by Crippen LogP contribution is -2.26. The predicted molar refractivity (Wildman–Crippen MR) is 236 cm³/mol. The molecule has 0 aliphatic heterocycles. The fourth-order valence-corrected chi connectivity index (χ4v) is 9.89. The van der Waals surface area contributed by atoms with Crippen LogP contribution in [0.1, 0.15) is 22.3 Å². The monoisotopic (exact) mass is 725 g/mol. The van der Waals surface area contributed by atoms with Crippen molar-refractivity contribution in [2.45, 2.75) is 5.41 Å². The largest absolute Gasteiger partial charge is 0.456 e. The predicted octanol–water partition coefficient (Wildman–Crippen LogP) is 14.7. The standard InChI is InChI=1S/C55H35NO/c1-2-14-36(15-3-1)37-26-29-39(30-27-37)56(52-24-12-7-16-41(52)38-28-33-54-47(34-38)46-20-8-13-25-53(46)57-54)40-31-32-45-44-19-6-11-23-50(44)55(51(45)35-40)48-21-9-4-17-42(48)43-18-5-10-22-49(43)55/h1-35H. The summed E-state index contributed by atoms with van der Waals surface area (Å²) >= 11 is 0. The molecule has 0 fully saturated rings. The number of rotatable bonds is 5. The van der Waals surface area contributed by atoms with E-state index in [2.05, 4.69) is 205 Å². The fraction of sp³-hybridized carbons (Fsp3) is 0.0182. The van der Waals surface area contributed by atoms with E-state index in [9.17, 15) is 0 Å². The highest BCUT2D eigenvalue weighted by Gasteiger charge is 2.51. The van der Waals surface area contributed by atoms with Crippen molar-refractivity contribution < 1.29 is 4.42 Å². The minimum Gasteiger partial charge on any atom is -0.456 e. The highest BCUT2D eigenvalue weighted by molar-refractivity contribution is 6.07. The van der Waals surface area contributed by atoms with Gasteiger partial charge in [0.05, 0.1) is 11.1 Å². The first-order valence-corrected chi connectivity index (χ1v) is 19.7. The lowest BCUT2D eigenvalue weighted by Gasteiger charge is -2.32. The number of para-hydroxylation sites is 2. The summed E-state index contributed by atoms with van der Waals surface area (Å²) in [5.41, 5.74) is 19.9. The Morgan fingerprint density at radius 2 is 0.825 bits per heavy atom. The highest BCUT2D eigenvalue weighted by Crippen LogP contribution is 2.63. The average molecular weight is 726 g/mol. The van der Waals surface area contributed by atoms with Gasteiger partial charge in [0.2, 0.25) is 0 Å². The van der Waals surface area contributed by atoms with E-state index in [-0.39, 0.29) is 0 Å². The first-order valence-electron chi connectivity index (χ1n) is 19.7. The molecule has 9 aromatic carbocycles. The van der Waals surface area contributed by atoms with Crippen LogP contribution >= 0.6 is 0 Å². The highest BCUT2D eigenvalue weighted by atomic mass is 16.3. The molecule has 0 unspecified atom stereocenters. The summed E-state index contributed by atoms with van der Waals surface area (Å²) in [7, 11) is 0. The number of benzene rings is 9. The molecule has 2 aliphatic rings. The van der Waals surface area contributed by atoms with Gasteiger partial charge >= 0.3 is 0 Å². The first-order chi connectivity index (χ1) is 28.3. The van der Waals surface area contributed by atoms with Gasteiger partial charge in [-0.25, -0.2) is 0 Å². The van der Waals surface area contributed by atoms with Crippen molar-refractivity contribution in [1.82, 2.24) is 0 Å². The van der Waals surface area contributed by atoms with Crippen molar-refractivity contribution in [3.05, 3.63) is 235 Å². The fourth-order valence-electron chi connectivity index (χ4n) is 9.89. The third kappa shape index (κ3) is 4.59. The van der Waals surface area contributed by atoms with Crippen LogP contribution in [0, 0.1) is 0 Å². The molecular weight excluding hydrogens is 691 g/mol. The van der Waals surface area contributed by atoms with Gasteiger partial charge in [-0.05, 0) is 110 Å². The molecule has 0 saturated carbocycles. The number of hydrogen-bond donors (Lipinski definition) is 0. The van der Waals surface area contributed by atoms with E-state index in [0.29, 0.717) is 0 Å². The molecule has 1 spiro atoms. The Labute approximate surface area is 331 Å². The van der Waals surface area contributed by atoms with E-state index in [1.54, 1.807) is 0 Å². The van der Waals surface area contributed by atoms with Gasteiger partial charge in [-0.15, -0.1) is 0 Å². The number of nitrogens with zero attached hydrogens (tertiary/aromatic N) is 1. The molecule has 57 heavy (non-hydrogen) atoms. The molecule has 0 N–H and O–H groups in total. The summed E-state index contributed by atoms with van der Waals surface area (Å²) in [6.45, 7) is 0. The van der Waals surface area contributed by atoms with E-state index in [1.807, 2.05) is 12.1 Å². The molecule has 2 aliphatic carbocycles. The SMILES string of the molecule is c1ccc(-c2ccc(N(c3ccc4c(c3)C3(c5ccccc5-c5ccccc53)c3ccccc3-4)c3ccccc3-c3ccc4oc5ccccc5c4c3)cc2)cc1. The minimum atomic E-state index is -0.440. The van der Waals surface area contributed by atoms with E-state index < -0.39 is 5.41 Å². The maximum Gasteiger partial charge on any atom is 0.135 e.